The van der Waals surface area contributed by atoms with E-state index >= 15 is 0 Å². The Labute approximate surface area is 131 Å². The molecule has 2 saturated heterocycles. The molecule has 1 N–H and O–H groups in total. The highest BCUT2D eigenvalue weighted by atomic mass is 32.2. The van der Waals surface area contributed by atoms with Crippen LogP contribution in [0.2, 0.25) is 0 Å². The summed E-state index contributed by atoms with van der Waals surface area (Å²) < 4.78 is 27.8. The van der Waals surface area contributed by atoms with E-state index in [4.69, 9.17) is 0 Å². The monoisotopic (exact) mass is 322 g/mol. The lowest BCUT2D eigenvalue weighted by Gasteiger charge is -2.27. The molecule has 0 aliphatic carbocycles. The molecule has 0 radical (unpaired) electrons. The third-order valence-electron chi connectivity index (χ3n) is 4.64. The number of ketones is 1. The van der Waals surface area contributed by atoms with Crippen LogP contribution in [-0.4, -0.2) is 43.7 Å². The fraction of sp³-hybridized carbons (Fsp3) is 0.562. The number of carbonyl (C=O) groups excluding carboxylic acids is 1. The molecule has 3 rings (SSSR count). The molecule has 1 aromatic carbocycles. The van der Waals surface area contributed by atoms with Crippen molar-refractivity contribution in [1.29, 1.82) is 0 Å². The second-order valence-electron chi connectivity index (χ2n) is 6.02. The average Bonchev–Trinajstić information content (AvgIpc) is 2.80. The highest BCUT2D eigenvalue weighted by molar-refractivity contribution is 7.89. The van der Waals surface area contributed by atoms with Crippen LogP contribution in [0.25, 0.3) is 0 Å². The van der Waals surface area contributed by atoms with Crippen molar-refractivity contribution in [3.05, 3.63) is 29.8 Å². The number of nitrogens with one attached hydrogen (secondary N) is 1. The number of rotatable bonds is 4. The zero-order valence-electron chi connectivity index (χ0n) is 12.8. The third-order valence-corrected chi connectivity index (χ3v) is 6.64. The summed E-state index contributed by atoms with van der Waals surface area (Å²) in [5.41, 5.74) is 0.476. The molecule has 0 spiro atoms. The number of benzene rings is 1. The Hall–Kier alpha value is -1.24. The Morgan fingerprint density at radius 3 is 2.82 bits per heavy atom. The molecule has 1 aromatic rings. The smallest absolute Gasteiger partial charge is 0.243 e. The molecule has 2 aliphatic rings. The largest absolute Gasteiger partial charge is 0.315 e. The van der Waals surface area contributed by atoms with E-state index < -0.39 is 10.0 Å². The van der Waals surface area contributed by atoms with E-state index in [1.54, 1.807) is 29.4 Å². The SMILES string of the molecule is CCC(=O)c1cccc(S(=O)(=O)N2C3CCNCC2CC3)c1. The fourth-order valence-electron chi connectivity index (χ4n) is 3.49. The summed E-state index contributed by atoms with van der Waals surface area (Å²) in [5, 5.41) is 3.31. The van der Waals surface area contributed by atoms with Crippen LogP contribution in [0.15, 0.2) is 29.2 Å². The second-order valence-corrected chi connectivity index (χ2v) is 7.86. The van der Waals surface area contributed by atoms with Gasteiger partial charge >= 0.3 is 0 Å². The number of carbonyl (C=O) groups is 1. The van der Waals surface area contributed by atoms with Crippen molar-refractivity contribution in [3.63, 3.8) is 0 Å². The fourth-order valence-corrected chi connectivity index (χ4v) is 5.43. The first-order valence-electron chi connectivity index (χ1n) is 7.91. The molecule has 5 nitrogen and oxygen atoms in total. The van der Waals surface area contributed by atoms with Crippen molar-refractivity contribution in [1.82, 2.24) is 9.62 Å². The minimum atomic E-state index is -3.54. The van der Waals surface area contributed by atoms with Crippen LogP contribution in [0.5, 0.6) is 0 Å². The lowest BCUT2D eigenvalue weighted by molar-refractivity contribution is 0.0988. The van der Waals surface area contributed by atoms with Crippen molar-refractivity contribution >= 4 is 15.8 Å². The van der Waals surface area contributed by atoms with Gasteiger partial charge in [-0.1, -0.05) is 19.1 Å². The maximum Gasteiger partial charge on any atom is 0.243 e. The quantitative estimate of drug-likeness (QED) is 0.858. The van der Waals surface area contributed by atoms with E-state index in [9.17, 15) is 13.2 Å². The minimum Gasteiger partial charge on any atom is -0.315 e. The van der Waals surface area contributed by atoms with Crippen LogP contribution in [0.3, 0.4) is 0 Å². The van der Waals surface area contributed by atoms with Gasteiger partial charge in [-0.2, -0.15) is 4.31 Å². The number of fused-ring (bicyclic) bond motifs is 2. The van der Waals surface area contributed by atoms with Crippen molar-refractivity contribution in [2.24, 2.45) is 0 Å². The third kappa shape index (κ3) is 2.71. The predicted octanol–water partition coefficient (Wildman–Crippen LogP) is 1.79. The van der Waals surface area contributed by atoms with Gasteiger partial charge in [0.05, 0.1) is 4.90 Å². The summed E-state index contributed by atoms with van der Waals surface area (Å²) in [6, 6.07) is 6.58. The van der Waals surface area contributed by atoms with E-state index in [2.05, 4.69) is 5.32 Å². The van der Waals surface area contributed by atoms with Gasteiger partial charge in [0, 0.05) is 30.6 Å². The van der Waals surface area contributed by atoms with E-state index in [-0.39, 0.29) is 22.8 Å². The summed E-state index contributed by atoms with van der Waals surface area (Å²) in [6.07, 6.45) is 3.06. The molecule has 2 fully saturated rings. The standard InChI is InChI=1S/C16H22N2O3S/c1-2-16(19)12-4-3-5-15(10-12)22(20,21)18-13-6-7-14(18)11-17-9-8-13/h3-5,10,13-14,17H,2,6-9,11H2,1H3. The number of Topliss-reactive ketones (excluding diaryl/α,β-unsaturated/α-hetero) is 1. The summed E-state index contributed by atoms with van der Waals surface area (Å²) in [5.74, 6) is -0.0300. The number of hydrogen-bond acceptors (Lipinski definition) is 4. The Bertz CT molecular complexity index is 658. The first-order chi connectivity index (χ1) is 10.5. The maximum absolute atomic E-state index is 13.1. The first-order valence-corrected chi connectivity index (χ1v) is 9.35. The summed E-state index contributed by atoms with van der Waals surface area (Å²) in [4.78, 5) is 12.1. The number of sulfonamides is 1. The van der Waals surface area contributed by atoms with Gasteiger partial charge in [-0.25, -0.2) is 8.42 Å². The van der Waals surface area contributed by atoms with Gasteiger partial charge in [-0.3, -0.25) is 4.79 Å². The molecule has 2 aliphatic heterocycles. The van der Waals surface area contributed by atoms with Crippen molar-refractivity contribution < 1.29 is 13.2 Å². The van der Waals surface area contributed by atoms with Crippen LogP contribution in [-0.2, 0) is 10.0 Å². The Morgan fingerprint density at radius 2 is 2.05 bits per heavy atom. The molecule has 0 saturated carbocycles. The van der Waals surface area contributed by atoms with E-state index in [1.807, 2.05) is 0 Å². The Morgan fingerprint density at radius 1 is 1.27 bits per heavy atom. The van der Waals surface area contributed by atoms with Gasteiger partial charge in [-0.15, -0.1) is 0 Å². The highest BCUT2D eigenvalue weighted by Gasteiger charge is 2.43. The highest BCUT2D eigenvalue weighted by Crippen LogP contribution is 2.33. The predicted molar refractivity (Wildman–Crippen MR) is 84.4 cm³/mol. The topological polar surface area (TPSA) is 66.5 Å². The lowest BCUT2D eigenvalue weighted by Crippen LogP contribution is -2.42. The van der Waals surface area contributed by atoms with Crippen molar-refractivity contribution in [2.75, 3.05) is 13.1 Å². The van der Waals surface area contributed by atoms with Gasteiger partial charge in [0.2, 0.25) is 10.0 Å². The summed E-state index contributed by atoms with van der Waals surface area (Å²) in [7, 11) is -3.54. The molecular formula is C16H22N2O3S. The second kappa shape index (κ2) is 6.10. The lowest BCUT2D eigenvalue weighted by atomic mass is 10.1. The van der Waals surface area contributed by atoms with E-state index in [0.29, 0.717) is 18.5 Å². The van der Waals surface area contributed by atoms with Crippen LogP contribution in [0.1, 0.15) is 43.0 Å². The molecule has 0 aromatic heterocycles. The van der Waals surface area contributed by atoms with Gasteiger partial charge in [0.1, 0.15) is 0 Å². The van der Waals surface area contributed by atoms with Gasteiger partial charge in [0.25, 0.3) is 0 Å². The van der Waals surface area contributed by atoms with E-state index in [1.165, 1.54) is 6.07 Å². The molecule has 2 unspecified atom stereocenters. The van der Waals surface area contributed by atoms with Gasteiger partial charge < -0.3 is 5.32 Å². The van der Waals surface area contributed by atoms with Gasteiger partial charge in [-0.05, 0) is 37.9 Å². The Kier molecular flexibility index (Phi) is 4.34. The van der Waals surface area contributed by atoms with Crippen LogP contribution in [0, 0.1) is 0 Å². The zero-order chi connectivity index (χ0) is 15.7. The van der Waals surface area contributed by atoms with Crippen molar-refractivity contribution in [2.45, 2.75) is 49.6 Å². The van der Waals surface area contributed by atoms with Crippen LogP contribution < -0.4 is 5.32 Å². The normalized spacial score (nSPS) is 25.9. The van der Waals surface area contributed by atoms with Crippen LogP contribution in [0.4, 0.5) is 0 Å². The molecule has 0 amide bonds. The first kappa shape index (κ1) is 15.6. The molecule has 22 heavy (non-hydrogen) atoms. The van der Waals surface area contributed by atoms with Crippen molar-refractivity contribution in [3.8, 4) is 0 Å². The molecule has 2 bridgehead atoms. The Balaban J connectivity index is 1.97. The maximum atomic E-state index is 13.1. The minimum absolute atomic E-state index is 0.0300. The average molecular weight is 322 g/mol. The molecule has 2 atom stereocenters. The molecule has 6 heteroatoms. The van der Waals surface area contributed by atoms with E-state index in [0.717, 1.165) is 25.8 Å². The molecule has 120 valence electrons. The van der Waals surface area contributed by atoms with Crippen LogP contribution >= 0.6 is 0 Å². The molecular weight excluding hydrogens is 300 g/mol. The number of hydrogen-bond donors (Lipinski definition) is 1. The molecule has 2 heterocycles. The zero-order valence-corrected chi connectivity index (χ0v) is 13.6. The summed E-state index contributed by atoms with van der Waals surface area (Å²) >= 11 is 0. The number of nitrogens with zero attached hydrogens (tertiary/aromatic N) is 1. The summed E-state index contributed by atoms with van der Waals surface area (Å²) in [6.45, 7) is 3.36. The van der Waals surface area contributed by atoms with Gasteiger partial charge in [0.15, 0.2) is 5.78 Å².